The molecule has 0 saturated heterocycles. The summed E-state index contributed by atoms with van der Waals surface area (Å²) < 4.78 is 8.25. The maximum atomic E-state index is 12.3. The highest BCUT2D eigenvalue weighted by Gasteiger charge is 2.31. The number of nitrogens with zero attached hydrogens (tertiary/aromatic N) is 3. The number of aliphatic hydroxyl groups is 1. The van der Waals surface area contributed by atoms with Crippen LogP contribution in [0.25, 0.3) is 11.1 Å². The van der Waals surface area contributed by atoms with Crippen molar-refractivity contribution in [1.82, 2.24) is 9.78 Å². The summed E-state index contributed by atoms with van der Waals surface area (Å²) >= 11 is 0. The minimum absolute atomic E-state index is 0.0683. The quantitative estimate of drug-likeness (QED) is 0.830. The summed E-state index contributed by atoms with van der Waals surface area (Å²) in [5, 5.41) is 14.5. The Morgan fingerprint density at radius 1 is 1.31 bits per heavy atom. The molecule has 1 unspecified atom stereocenters. The molecule has 6 nitrogen and oxygen atoms in total. The van der Waals surface area contributed by atoms with E-state index in [0.717, 1.165) is 53.8 Å². The summed E-state index contributed by atoms with van der Waals surface area (Å²) in [5.41, 5.74) is 3.24. The lowest BCUT2D eigenvalue weighted by Crippen LogP contribution is -2.41. The number of hydrogen-bond donors (Lipinski definition) is 1. The minimum atomic E-state index is -0.831. The Morgan fingerprint density at radius 3 is 2.69 bits per heavy atom. The topological polar surface area (TPSA) is 67.6 Å². The Labute approximate surface area is 172 Å². The second kappa shape index (κ2) is 7.48. The highest BCUT2D eigenvalue weighted by Crippen LogP contribution is 2.44. The van der Waals surface area contributed by atoms with Gasteiger partial charge in [-0.2, -0.15) is 5.10 Å². The van der Waals surface area contributed by atoms with Gasteiger partial charge in [0.15, 0.2) is 0 Å². The zero-order chi connectivity index (χ0) is 20.8. The average molecular weight is 398 g/mol. The van der Waals surface area contributed by atoms with Crippen LogP contribution in [0.5, 0.6) is 5.75 Å². The van der Waals surface area contributed by atoms with Gasteiger partial charge in [0.1, 0.15) is 5.75 Å². The molecule has 0 radical (unpaired) electrons. The van der Waals surface area contributed by atoms with E-state index in [1.807, 2.05) is 29.4 Å². The van der Waals surface area contributed by atoms with Gasteiger partial charge < -0.3 is 14.7 Å². The summed E-state index contributed by atoms with van der Waals surface area (Å²) in [7, 11) is 0. The van der Waals surface area contributed by atoms with E-state index in [1.165, 1.54) is 6.42 Å². The summed E-state index contributed by atoms with van der Waals surface area (Å²) in [5.74, 6) is 0.965. The third-order valence-electron chi connectivity index (χ3n) is 5.92. The summed E-state index contributed by atoms with van der Waals surface area (Å²) in [4.78, 5) is 14.2. The summed E-state index contributed by atoms with van der Waals surface area (Å²) in [6, 6.07) is 4.28. The SMILES string of the molecule is CC(=O)N1c2ccc(-c3cnn(CC(C)(C)O)c3)c(OC3CCC3)c2CCC1C. The van der Waals surface area contributed by atoms with E-state index in [9.17, 15) is 9.90 Å². The molecule has 2 aromatic rings. The van der Waals surface area contributed by atoms with Crippen molar-refractivity contribution in [1.29, 1.82) is 0 Å². The lowest BCUT2D eigenvalue weighted by atomic mass is 9.91. The molecule has 2 aliphatic rings. The molecular formula is C23H31N3O3. The number of rotatable bonds is 5. The van der Waals surface area contributed by atoms with Crippen molar-refractivity contribution in [3.05, 3.63) is 30.1 Å². The predicted octanol–water partition coefficient (Wildman–Crippen LogP) is 3.94. The van der Waals surface area contributed by atoms with E-state index in [-0.39, 0.29) is 18.1 Å². The first-order valence-corrected chi connectivity index (χ1v) is 10.6. The maximum Gasteiger partial charge on any atom is 0.224 e. The van der Waals surface area contributed by atoms with Crippen molar-refractivity contribution in [2.24, 2.45) is 0 Å². The van der Waals surface area contributed by atoms with Crippen molar-refractivity contribution >= 4 is 11.6 Å². The molecule has 1 fully saturated rings. The minimum Gasteiger partial charge on any atom is -0.489 e. The Kier molecular flexibility index (Phi) is 5.15. The second-order valence-electron chi connectivity index (χ2n) is 9.13. The van der Waals surface area contributed by atoms with Crippen LogP contribution in [-0.2, 0) is 17.8 Å². The van der Waals surface area contributed by atoms with Crippen molar-refractivity contribution in [2.45, 2.75) is 84.1 Å². The molecule has 0 spiro atoms. The number of benzene rings is 1. The van der Waals surface area contributed by atoms with Crippen LogP contribution in [0.3, 0.4) is 0 Å². The number of aromatic nitrogens is 2. The first kappa shape index (κ1) is 20.0. The summed E-state index contributed by atoms with van der Waals surface area (Å²) in [6.45, 7) is 7.70. The van der Waals surface area contributed by atoms with Gasteiger partial charge in [0.2, 0.25) is 5.91 Å². The molecule has 1 atom stereocenters. The standard InChI is InChI=1S/C23H31N3O3/c1-15-8-9-20-21(26(15)16(2)27)11-10-19(22(20)29-18-6-5-7-18)17-12-24-25(13-17)14-23(3,4)28/h10-13,15,18,28H,5-9,14H2,1-4H3. The highest BCUT2D eigenvalue weighted by atomic mass is 16.5. The number of hydrogen-bond acceptors (Lipinski definition) is 4. The zero-order valence-corrected chi connectivity index (χ0v) is 17.8. The van der Waals surface area contributed by atoms with E-state index < -0.39 is 5.60 Å². The Morgan fingerprint density at radius 2 is 2.07 bits per heavy atom. The smallest absolute Gasteiger partial charge is 0.224 e. The van der Waals surface area contributed by atoms with Crippen LogP contribution >= 0.6 is 0 Å². The third-order valence-corrected chi connectivity index (χ3v) is 5.92. The number of anilines is 1. The van der Waals surface area contributed by atoms with E-state index in [2.05, 4.69) is 12.0 Å². The zero-order valence-electron chi connectivity index (χ0n) is 17.8. The number of carbonyl (C=O) groups is 1. The monoisotopic (exact) mass is 397 g/mol. The van der Waals surface area contributed by atoms with Crippen LogP contribution in [0.4, 0.5) is 5.69 Å². The normalized spacial score (nSPS) is 19.6. The van der Waals surface area contributed by atoms with Gasteiger partial charge in [-0.1, -0.05) is 0 Å². The molecule has 1 saturated carbocycles. The molecule has 1 aliphatic carbocycles. The molecule has 6 heteroatoms. The molecule has 2 heterocycles. The van der Waals surface area contributed by atoms with Crippen LogP contribution in [-0.4, -0.2) is 38.5 Å². The van der Waals surface area contributed by atoms with Gasteiger partial charge in [-0.25, -0.2) is 0 Å². The van der Waals surface area contributed by atoms with Crippen LogP contribution in [0.15, 0.2) is 24.5 Å². The molecule has 0 bridgehead atoms. The molecule has 1 aliphatic heterocycles. The number of ether oxygens (including phenoxy) is 1. The third kappa shape index (κ3) is 4.04. The van der Waals surface area contributed by atoms with Gasteiger partial charge in [-0.3, -0.25) is 9.48 Å². The van der Waals surface area contributed by atoms with Gasteiger partial charge in [0.05, 0.1) is 30.1 Å². The molecule has 156 valence electrons. The van der Waals surface area contributed by atoms with E-state index >= 15 is 0 Å². The van der Waals surface area contributed by atoms with Gasteiger partial charge >= 0.3 is 0 Å². The molecule has 1 aromatic carbocycles. The van der Waals surface area contributed by atoms with E-state index in [4.69, 9.17) is 4.74 Å². The van der Waals surface area contributed by atoms with Crippen LogP contribution in [0.2, 0.25) is 0 Å². The summed E-state index contributed by atoms with van der Waals surface area (Å²) in [6.07, 6.45) is 9.22. The fourth-order valence-corrected chi connectivity index (χ4v) is 4.29. The van der Waals surface area contributed by atoms with E-state index in [1.54, 1.807) is 25.5 Å². The van der Waals surface area contributed by atoms with Crippen molar-refractivity contribution < 1.29 is 14.6 Å². The van der Waals surface area contributed by atoms with E-state index in [0.29, 0.717) is 6.54 Å². The number of amides is 1. The predicted molar refractivity (Wildman–Crippen MR) is 113 cm³/mol. The fraction of sp³-hybridized carbons (Fsp3) is 0.565. The number of carbonyl (C=O) groups excluding carboxylic acids is 1. The maximum absolute atomic E-state index is 12.3. The Hall–Kier alpha value is -2.34. The van der Waals surface area contributed by atoms with Crippen LogP contribution < -0.4 is 9.64 Å². The fourth-order valence-electron chi connectivity index (χ4n) is 4.29. The van der Waals surface area contributed by atoms with Crippen molar-refractivity contribution in [3.63, 3.8) is 0 Å². The second-order valence-corrected chi connectivity index (χ2v) is 9.13. The molecule has 1 aromatic heterocycles. The molecule has 29 heavy (non-hydrogen) atoms. The first-order chi connectivity index (χ1) is 13.7. The molecule has 1 amide bonds. The lowest BCUT2D eigenvalue weighted by Gasteiger charge is -2.37. The highest BCUT2D eigenvalue weighted by molar-refractivity contribution is 5.95. The van der Waals surface area contributed by atoms with Gasteiger partial charge in [0.25, 0.3) is 0 Å². The van der Waals surface area contributed by atoms with Crippen LogP contribution in [0, 0.1) is 0 Å². The first-order valence-electron chi connectivity index (χ1n) is 10.6. The molecule has 4 rings (SSSR count). The Balaban J connectivity index is 1.77. The lowest BCUT2D eigenvalue weighted by molar-refractivity contribution is -0.117. The van der Waals surface area contributed by atoms with Crippen LogP contribution in [0.1, 0.15) is 58.9 Å². The van der Waals surface area contributed by atoms with Gasteiger partial charge in [-0.05, 0) is 65.0 Å². The molecule has 1 N–H and O–H groups in total. The van der Waals surface area contributed by atoms with Gasteiger partial charge in [0, 0.05) is 35.9 Å². The molecular weight excluding hydrogens is 366 g/mol. The number of fused-ring (bicyclic) bond motifs is 1. The van der Waals surface area contributed by atoms with Crippen molar-refractivity contribution in [2.75, 3.05) is 4.90 Å². The Bertz CT molecular complexity index is 909. The average Bonchev–Trinajstić information content (AvgIpc) is 3.03. The van der Waals surface area contributed by atoms with Gasteiger partial charge in [-0.15, -0.1) is 0 Å². The largest absolute Gasteiger partial charge is 0.489 e. The van der Waals surface area contributed by atoms with Crippen molar-refractivity contribution in [3.8, 4) is 16.9 Å².